The number of carbonyl (C=O) groups excluding carboxylic acids is 1. The number of halogens is 1. The predicted molar refractivity (Wildman–Crippen MR) is 82.5 cm³/mol. The van der Waals surface area contributed by atoms with Crippen molar-refractivity contribution in [1.82, 2.24) is 4.90 Å². The van der Waals surface area contributed by atoms with E-state index in [-0.39, 0.29) is 18.3 Å². The molecule has 0 spiro atoms. The zero-order valence-electron chi connectivity index (χ0n) is 11.9. The summed E-state index contributed by atoms with van der Waals surface area (Å²) in [4.78, 5) is 14.3. The Morgan fingerprint density at radius 3 is 2.70 bits per heavy atom. The molecule has 1 unspecified atom stereocenters. The van der Waals surface area contributed by atoms with Crippen molar-refractivity contribution >= 4 is 18.3 Å². The molecule has 4 nitrogen and oxygen atoms in total. The quantitative estimate of drug-likeness (QED) is 0.928. The summed E-state index contributed by atoms with van der Waals surface area (Å²) in [5.41, 5.74) is 6.43. The summed E-state index contributed by atoms with van der Waals surface area (Å²) in [6, 6.07) is 7.36. The molecule has 1 atom stereocenters. The molecular formula is C15H23ClN2O2. The summed E-state index contributed by atoms with van der Waals surface area (Å²) < 4.78 is 5.38. The number of rotatable bonds is 4. The van der Waals surface area contributed by atoms with Gasteiger partial charge in [0.25, 0.3) is 5.91 Å². The molecule has 0 bridgehead atoms. The van der Waals surface area contributed by atoms with E-state index >= 15 is 0 Å². The van der Waals surface area contributed by atoms with E-state index in [2.05, 4.69) is 0 Å². The van der Waals surface area contributed by atoms with Crippen molar-refractivity contribution in [3.05, 3.63) is 29.8 Å². The van der Waals surface area contributed by atoms with Gasteiger partial charge in [0.1, 0.15) is 5.75 Å². The Morgan fingerprint density at radius 2 is 2.10 bits per heavy atom. The van der Waals surface area contributed by atoms with Gasteiger partial charge in [-0.2, -0.15) is 0 Å². The second kappa shape index (κ2) is 8.12. The van der Waals surface area contributed by atoms with Crippen LogP contribution < -0.4 is 10.5 Å². The second-order valence-electron chi connectivity index (χ2n) is 4.95. The van der Waals surface area contributed by atoms with Crippen LogP contribution in [-0.2, 0) is 0 Å². The molecule has 2 N–H and O–H groups in total. The first-order valence-electron chi connectivity index (χ1n) is 6.96. The van der Waals surface area contributed by atoms with Gasteiger partial charge in [0.15, 0.2) is 0 Å². The predicted octanol–water partition coefficient (Wildman–Crippen LogP) is 2.32. The van der Waals surface area contributed by atoms with Gasteiger partial charge in [-0.25, -0.2) is 0 Å². The first-order chi connectivity index (χ1) is 9.24. The molecule has 1 amide bonds. The molecule has 1 heterocycles. The van der Waals surface area contributed by atoms with E-state index in [1.54, 1.807) is 0 Å². The van der Waals surface area contributed by atoms with Crippen LogP contribution in [0.25, 0.3) is 0 Å². The normalized spacial score (nSPS) is 18.3. The number of hydrogen-bond donors (Lipinski definition) is 1. The molecule has 1 fully saturated rings. The van der Waals surface area contributed by atoms with Crippen LogP contribution >= 0.6 is 12.4 Å². The highest BCUT2D eigenvalue weighted by Gasteiger charge is 2.23. The van der Waals surface area contributed by atoms with E-state index in [1.165, 1.54) is 0 Å². The van der Waals surface area contributed by atoms with Crippen molar-refractivity contribution in [2.24, 2.45) is 11.7 Å². The topological polar surface area (TPSA) is 55.6 Å². The van der Waals surface area contributed by atoms with Crippen LogP contribution in [0.2, 0.25) is 0 Å². The van der Waals surface area contributed by atoms with Gasteiger partial charge in [-0.05, 0) is 56.5 Å². The molecule has 0 radical (unpaired) electrons. The largest absolute Gasteiger partial charge is 0.494 e. The Balaban J connectivity index is 0.00000200. The number of nitrogens with two attached hydrogens (primary N) is 1. The number of likely N-dealkylation sites (tertiary alicyclic amines) is 1. The van der Waals surface area contributed by atoms with Gasteiger partial charge < -0.3 is 15.4 Å². The molecule has 0 aromatic heterocycles. The SMILES string of the molecule is CCOc1ccc(C(=O)N2CCCC(CN)C2)cc1.Cl. The maximum atomic E-state index is 12.4. The Kier molecular flexibility index (Phi) is 6.82. The lowest BCUT2D eigenvalue weighted by Gasteiger charge is -2.32. The van der Waals surface area contributed by atoms with Crippen LogP contribution in [0, 0.1) is 5.92 Å². The molecular weight excluding hydrogens is 276 g/mol. The number of piperidine rings is 1. The standard InChI is InChI=1S/C15H22N2O2.ClH/c1-2-19-14-7-5-13(6-8-14)15(18)17-9-3-4-12(10-16)11-17;/h5-8,12H,2-4,9-11,16H2,1H3;1H. The van der Waals surface area contributed by atoms with Crippen molar-refractivity contribution < 1.29 is 9.53 Å². The molecule has 0 aliphatic carbocycles. The van der Waals surface area contributed by atoms with Crippen LogP contribution in [-0.4, -0.2) is 37.0 Å². The highest BCUT2D eigenvalue weighted by Crippen LogP contribution is 2.19. The number of hydrogen-bond acceptors (Lipinski definition) is 3. The number of ether oxygens (including phenoxy) is 1. The molecule has 1 aromatic rings. The lowest BCUT2D eigenvalue weighted by Crippen LogP contribution is -2.42. The molecule has 0 saturated carbocycles. The number of nitrogens with zero attached hydrogens (tertiary/aromatic N) is 1. The Morgan fingerprint density at radius 1 is 1.40 bits per heavy atom. The van der Waals surface area contributed by atoms with Crippen LogP contribution in [0.15, 0.2) is 24.3 Å². The van der Waals surface area contributed by atoms with E-state index in [0.29, 0.717) is 19.1 Å². The summed E-state index contributed by atoms with van der Waals surface area (Å²) >= 11 is 0. The minimum Gasteiger partial charge on any atom is -0.494 e. The van der Waals surface area contributed by atoms with Gasteiger partial charge in [-0.15, -0.1) is 12.4 Å². The smallest absolute Gasteiger partial charge is 0.253 e. The highest BCUT2D eigenvalue weighted by atomic mass is 35.5. The fourth-order valence-corrected chi connectivity index (χ4v) is 2.48. The van der Waals surface area contributed by atoms with Crippen molar-refractivity contribution in [3.63, 3.8) is 0 Å². The van der Waals surface area contributed by atoms with Gasteiger partial charge in [0, 0.05) is 18.7 Å². The maximum Gasteiger partial charge on any atom is 0.253 e. The Hall–Kier alpha value is -1.26. The van der Waals surface area contributed by atoms with Crippen LogP contribution in [0.5, 0.6) is 5.75 Å². The number of carbonyl (C=O) groups is 1. The molecule has 5 heteroatoms. The number of amides is 1. The third-order valence-corrected chi connectivity index (χ3v) is 3.55. The maximum absolute atomic E-state index is 12.4. The zero-order valence-corrected chi connectivity index (χ0v) is 12.7. The van der Waals surface area contributed by atoms with Crippen LogP contribution in [0.3, 0.4) is 0 Å². The van der Waals surface area contributed by atoms with E-state index in [0.717, 1.165) is 37.2 Å². The fraction of sp³-hybridized carbons (Fsp3) is 0.533. The average Bonchev–Trinajstić information content (AvgIpc) is 2.48. The molecule has 1 aromatic carbocycles. The fourth-order valence-electron chi connectivity index (χ4n) is 2.48. The molecule has 1 aliphatic heterocycles. The third-order valence-electron chi connectivity index (χ3n) is 3.55. The van der Waals surface area contributed by atoms with Crippen molar-refractivity contribution in [3.8, 4) is 5.75 Å². The molecule has 112 valence electrons. The lowest BCUT2D eigenvalue weighted by atomic mass is 9.97. The van der Waals surface area contributed by atoms with Crippen LogP contribution in [0.1, 0.15) is 30.1 Å². The van der Waals surface area contributed by atoms with E-state index in [4.69, 9.17) is 10.5 Å². The summed E-state index contributed by atoms with van der Waals surface area (Å²) in [6.45, 7) is 4.86. The summed E-state index contributed by atoms with van der Waals surface area (Å²) in [7, 11) is 0. The zero-order chi connectivity index (χ0) is 13.7. The van der Waals surface area contributed by atoms with E-state index in [1.807, 2.05) is 36.1 Å². The van der Waals surface area contributed by atoms with Crippen molar-refractivity contribution in [2.45, 2.75) is 19.8 Å². The van der Waals surface area contributed by atoms with Crippen LogP contribution in [0.4, 0.5) is 0 Å². The minimum atomic E-state index is 0. The van der Waals surface area contributed by atoms with Gasteiger partial charge in [-0.3, -0.25) is 4.79 Å². The van der Waals surface area contributed by atoms with Crippen molar-refractivity contribution in [2.75, 3.05) is 26.2 Å². The summed E-state index contributed by atoms with van der Waals surface area (Å²) in [6.07, 6.45) is 2.17. The first-order valence-corrected chi connectivity index (χ1v) is 6.96. The third kappa shape index (κ3) is 4.12. The molecule has 1 saturated heterocycles. The summed E-state index contributed by atoms with van der Waals surface area (Å²) in [5.74, 6) is 1.35. The number of benzene rings is 1. The molecule has 2 rings (SSSR count). The first kappa shape index (κ1) is 16.8. The van der Waals surface area contributed by atoms with Crippen molar-refractivity contribution in [1.29, 1.82) is 0 Å². The molecule has 1 aliphatic rings. The lowest BCUT2D eigenvalue weighted by molar-refractivity contribution is 0.0678. The van der Waals surface area contributed by atoms with Gasteiger partial charge >= 0.3 is 0 Å². The Bertz CT molecular complexity index is 422. The van der Waals surface area contributed by atoms with Gasteiger partial charge in [0.2, 0.25) is 0 Å². The van der Waals surface area contributed by atoms with Gasteiger partial charge in [-0.1, -0.05) is 0 Å². The Labute approximate surface area is 126 Å². The highest BCUT2D eigenvalue weighted by molar-refractivity contribution is 5.94. The monoisotopic (exact) mass is 298 g/mol. The van der Waals surface area contributed by atoms with E-state index < -0.39 is 0 Å². The summed E-state index contributed by atoms with van der Waals surface area (Å²) in [5, 5.41) is 0. The second-order valence-corrected chi connectivity index (χ2v) is 4.95. The minimum absolute atomic E-state index is 0. The average molecular weight is 299 g/mol. The van der Waals surface area contributed by atoms with E-state index in [9.17, 15) is 4.79 Å². The molecule has 20 heavy (non-hydrogen) atoms. The van der Waals surface area contributed by atoms with Gasteiger partial charge in [0.05, 0.1) is 6.61 Å².